The lowest BCUT2D eigenvalue weighted by Gasteiger charge is -2.22. The number of ether oxygens (including phenoxy) is 2. The number of anilines is 2. The van der Waals surface area contributed by atoms with Crippen LogP contribution in [0.15, 0.2) is 48.5 Å². The van der Waals surface area contributed by atoms with E-state index in [0.717, 1.165) is 49.1 Å². The van der Waals surface area contributed by atoms with Crippen LogP contribution in [0.25, 0.3) is 0 Å². The molecule has 0 aromatic heterocycles. The molecule has 2 aromatic rings. The van der Waals surface area contributed by atoms with Crippen LogP contribution in [0, 0.1) is 0 Å². The molecule has 0 unspecified atom stereocenters. The Hall–Kier alpha value is -2.40. The number of hydrogen-bond acceptors (Lipinski definition) is 5. The molecular formula is C23H34N2O3. The monoisotopic (exact) mass is 386 g/mol. The minimum Gasteiger partial charge on any atom is -0.491 e. The lowest BCUT2D eigenvalue weighted by Crippen LogP contribution is -2.25. The van der Waals surface area contributed by atoms with Gasteiger partial charge in [0.2, 0.25) is 0 Å². The van der Waals surface area contributed by atoms with Gasteiger partial charge in [-0.15, -0.1) is 0 Å². The molecule has 0 heterocycles. The van der Waals surface area contributed by atoms with Crippen molar-refractivity contribution in [2.75, 3.05) is 49.2 Å². The van der Waals surface area contributed by atoms with Gasteiger partial charge in [0.05, 0.1) is 0 Å². The lowest BCUT2D eigenvalue weighted by molar-refractivity contribution is 0.0627. The minimum absolute atomic E-state index is 0.192. The molecule has 0 spiro atoms. The van der Waals surface area contributed by atoms with Crippen molar-refractivity contribution in [3.63, 3.8) is 0 Å². The van der Waals surface area contributed by atoms with E-state index in [-0.39, 0.29) is 13.2 Å². The van der Waals surface area contributed by atoms with E-state index in [2.05, 4.69) is 49.6 Å². The molecule has 28 heavy (non-hydrogen) atoms. The third kappa shape index (κ3) is 6.34. The number of aliphatic hydroxyl groups excluding tert-OH is 1. The van der Waals surface area contributed by atoms with Gasteiger partial charge in [-0.1, -0.05) is 12.1 Å². The highest BCUT2D eigenvalue weighted by molar-refractivity contribution is 5.51. The number of hydrogen-bond donors (Lipinski definition) is 1. The van der Waals surface area contributed by atoms with E-state index in [4.69, 9.17) is 9.47 Å². The molecule has 0 radical (unpaired) electrons. The van der Waals surface area contributed by atoms with Crippen LogP contribution in [0.5, 0.6) is 11.5 Å². The van der Waals surface area contributed by atoms with E-state index >= 15 is 0 Å². The molecule has 2 rings (SSSR count). The summed E-state index contributed by atoms with van der Waals surface area (Å²) in [6, 6.07) is 15.9. The second-order valence-electron chi connectivity index (χ2n) is 6.62. The van der Waals surface area contributed by atoms with Crippen LogP contribution in [0.2, 0.25) is 0 Å². The number of nitrogens with zero attached hydrogens (tertiary/aromatic N) is 2. The quantitative estimate of drug-likeness (QED) is 0.592. The van der Waals surface area contributed by atoms with Crippen molar-refractivity contribution in [2.24, 2.45) is 0 Å². The van der Waals surface area contributed by atoms with Gasteiger partial charge in [0, 0.05) is 49.7 Å². The molecule has 0 amide bonds. The summed E-state index contributed by atoms with van der Waals surface area (Å²) in [5.74, 6) is 1.51. The van der Waals surface area contributed by atoms with E-state index in [1.807, 2.05) is 36.4 Å². The van der Waals surface area contributed by atoms with Gasteiger partial charge in [-0.3, -0.25) is 0 Å². The Morgan fingerprint density at radius 2 is 1.11 bits per heavy atom. The van der Waals surface area contributed by atoms with E-state index < -0.39 is 6.10 Å². The molecule has 0 saturated heterocycles. The van der Waals surface area contributed by atoms with Crippen LogP contribution in [-0.2, 0) is 0 Å². The molecular weight excluding hydrogens is 352 g/mol. The van der Waals surface area contributed by atoms with Gasteiger partial charge >= 0.3 is 0 Å². The van der Waals surface area contributed by atoms with Crippen LogP contribution in [0.4, 0.5) is 11.4 Å². The average Bonchev–Trinajstić information content (AvgIpc) is 2.73. The van der Waals surface area contributed by atoms with Gasteiger partial charge in [-0.2, -0.15) is 0 Å². The highest BCUT2D eigenvalue weighted by atomic mass is 16.5. The van der Waals surface area contributed by atoms with Crippen LogP contribution in [0.1, 0.15) is 27.7 Å². The summed E-state index contributed by atoms with van der Waals surface area (Å²) in [5, 5.41) is 10.2. The van der Waals surface area contributed by atoms with Crippen molar-refractivity contribution in [3.05, 3.63) is 48.5 Å². The Morgan fingerprint density at radius 1 is 0.714 bits per heavy atom. The van der Waals surface area contributed by atoms with Gasteiger partial charge in [-0.25, -0.2) is 0 Å². The molecule has 0 aliphatic carbocycles. The van der Waals surface area contributed by atoms with Gasteiger partial charge in [0.25, 0.3) is 0 Å². The standard InChI is InChI=1S/C23H34N2O3/c1-5-24(6-2)19-11-9-13-22(15-19)27-17-21(26)18-28-23-14-10-12-20(16-23)25(7-3)8-4/h9-16,21,26H,5-8,17-18H2,1-4H3. The molecule has 0 atom stereocenters. The summed E-state index contributed by atoms with van der Waals surface area (Å²) in [5.41, 5.74) is 2.25. The van der Waals surface area contributed by atoms with Crippen LogP contribution >= 0.6 is 0 Å². The maximum Gasteiger partial charge on any atom is 0.122 e. The zero-order valence-electron chi connectivity index (χ0n) is 17.6. The van der Waals surface area contributed by atoms with Crippen molar-refractivity contribution in [2.45, 2.75) is 33.8 Å². The van der Waals surface area contributed by atoms with Crippen LogP contribution in [0.3, 0.4) is 0 Å². The fraction of sp³-hybridized carbons (Fsp3) is 0.478. The first kappa shape index (κ1) is 21.9. The van der Waals surface area contributed by atoms with Crippen molar-refractivity contribution >= 4 is 11.4 Å². The maximum atomic E-state index is 10.2. The summed E-state index contributed by atoms with van der Waals surface area (Å²) in [6.45, 7) is 12.7. The first-order valence-corrected chi connectivity index (χ1v) is 10.2. The van der Waals surface area contributed by atoms with Crippen LogP contribution < -0.4 is 19.3 Å². The second kappa shape index (κ2) is 11.4. The first-order chi connectivity index (χ1) is 13.6. The largest absolute Gasteiger partial charge is 0.491 e. The summed E-state index contributed by atoms with van der Waals surface area (Å²) >= 11 is 0. The minimum atomic E-state index is -0.700. The predicted octanol–water partition coefficient (Wildman–Crippen LogP) is 4.20. The summed E-state index contributed by atoms with van der Waals surface area (Å²) in [7, 11) is 0. The highest BCUT2D eigenvalue weighted by Gasteiger charge is 2.09. The van der Waals surface area contributed by atoms with E-state index in [9.17, 15) is 5.11 Å². The molecule has 2 aromatic carbocycles. The zero-order chi connectivity index (χ0) is 20.4. The van der Waals surface area contributed by atoms with Gasteiger partial charge in [-0.05, 0) is 52.0 Å². The molecule has 0 saturated carbocycles. The van der Waals surface area contributed by atoms with Gasteiger partial charge in [0.15, 0.2) is 0 Å². The highest BCUT2D eigenvalue weighted by Crippen LogP contribution is 2.22. The lowest BCUT2D eigenvalue weighted by atomic mass is 10.2. The molecule has 0 aliphatic heterocycles. The molecule has 5 nitrogen and oxygen atoms in total. The van der Waals surface area contributed by atoms with E-state index in [0.29, 0.717) is 0 Å². The fourth-order valence-corrected chi connectivity index (χ4v) is 3.15. The van der Waals surface area contributed by atoms with Gasteiger partial charge in [0.1, 0.15) is 30.8 Å². The Morgan fingerprint density at radius 3 is 1.46 bits per heavy atom. The predicted molar refractivity (Wildman–Crippen MR) is 117 cm³/mol. The number of aliphatic hydroxyl groups is 1. The third-order valence-corrected chi connectivity index (χ3v) is 4.78. The van der Waals surface area contributed by atoms with Crippen LogP contribution in [-0.4, -0.2) is 50.6 Å². The Balaban J connectivity index is 1.86. The maximum absolute atomic E-state index is 10.2. The second-order valence-corrected chi connectivity index (χ2v) is 6.62. The van der Waals surface area contributed by atoms with Gasteiger partial charge < -0.3 is 24.4 Å². The molecule has 0 aliphatic rings. The first-order valence-electron chi connectivity index (χ1n) is 10.2. The molecule has 0 fully saturated rings. The molecule has 0 bridgehead atoms. The zero-order valence-corrected chi connectivity index (χ0v) is 17.6. The Bertz CT molecular complexity index is 640. The fourth-order valence-electron chi connectivity index (χ4n) is 3.15. The Labute approximate surface area is 169 Å². The smallest absolute Gasteiger partial charge is 0.122 e. The van der Waals surface area contributed by atoms with E-state index in [1.165, 1.54) is 0 Å². The molecule has 5 heteroatoms. The molecule has 154 valence electrons. The summed E-state index contributed by atoms with van der Waals surface area (Å²) in [6.07, 6.45) is -0.700. The van der Waals surface area contributed by atoms with Crippen molar-refractivity contribution < 1.29 is 14.6 Å². The summed E-state index contributed by atoms with van der Waals surface area (Å²) < 4.78 is 11.5. The SMILES string of the molecule is CCN(CC)c1cccc(OCC(O)COc2cccc(N(CC)CC)c2)c1. The average molecular weight is 387 g/mol. The van der Waals surface area contributed by atoms with E-state index in [1.54, 1.807) is 0 Å². The molecule has 1 N–H and O–H groups in total. The number of benzene rings is 2. The Kier molecular flexibility index (Phi) is 8.95. The topological polar surface area (TPSA) is 45.2 Å². The van der Waals surface area contributed by atoms with Crippen molar-refractivity contribution in [1.29, 1.82) is 0 Å². The number of rotatable bonds is 12. The summed E-state index contributed by atoms with van der Waals surface area (Å²) in [4.78, 5) is 4.52. The normalized spacial score (nSPS) is 10.8. The van der Waals surface area contributed by atoms with Crippen molar-refractivity contribution in [3.8, 4) is 11.5 Å². The third-order valence-electron chi connectivity index (χ3n) is 4.78. The van der Waals surface area contributed by atoms with Crippen molar-refractivity contribution in [1.82, 2.24) is 0 Å².